The highest BCUT2D eigenvalue weighted by Gasteiger charge is 2.30. The van der Waals surface area contributed by atoms with E-state index in [4.69, 9.17) is 5.73 Å². The van der Waals surface area contributed by atoms with Crippen molar-refractivity contribution in [3.63, 3.8) is 0 Å². The lowest BCUT2D eigenvalue weighted by Crippen LogP contribution is -2.46. The SMILES string of the molecule is CC1CCCN(C(CN)c2ccccn2)C1C. The monoisotopic (exact) mass is 233 g/mol. The number of piperidine rings is 1. The fourth-order valence-corrected chi connectivity index (χ4v) is 2.81. The molecule has 3 unspecified atom stereocenters. The van der Waals surface area contributed by atoms with Gasteiger partial charge in [-0.2, -0.15) is 0 Å². The van der Waals surface area contributed by atoms with Gasteiger partial charge in [-0.05, 0) is 44.4 Å². The summed E-state index contributed by atoms with van der Waals surface area (Å²) in [5.41, 5.74) is 7.07. The Hall–Kier alpha value is -0.930. The highest BCUT2D eigenvalue weighted by atomic mass is 15.2. The van der Waals surface area contributed by atoms with Crippen molar-refractivity contribution in [2.75, 3.05) is 13.1 Å². The van der Waals surface area contributed by atoms with Crippen molar-refractivity contribution in [2.24, 2.45) is 11.7 Å². The summed E-state index contributed by atoms with van der Waals surface area (Å²) in [6.07, 6.45) is 4.46. The van der Waals surface area contributed by atoms with E-state index in [9.17, 15) is 0 Å². The first kappa shape index (κ1) is 12.5. The van der Waals surface area contributed by atoms with E-state index in [1.54, 1.807) is 0 Å². The van der Waals surface area contributed by atoms with Crippen molar-refractivity contribution in [2.45, 2.75) is 38.8 Å². The molecule has 0 bridgehead atoms. The van der Waals surface area contributed by atoms with E-state index in [1.807, 2.05) is 18.3 Å². The van der Waals surface area contributed by atoms with Crippen LogP contribution in [0.2, 0.25) is 0 Å². The van der Waals surface area contributed by atoms with Crippen molar-refractivity contribution < 1.29 is 0 Å². The van der Waals surface area contributed by atoms with Crippen molar-refractivity contribution in [3.8, 4) is 0 Å². The van der Waals surface area contributed by atoms with Crippen molar-refractivity contribution in [3.05, 3.63) is 30.1 Å². The molecule has 0 spiro atoms. The Morgan fingerprint density at radius 3 is 2.94 bits per heavy atom. The standard InChI is InChI=1S/C14H23N3/c1-11-6-5-9-17(12(11)2)14(10-15)13-7-3-4-8-16-13/h3-4,7-8,11-12,14H,5-6,9-10,15H2,1-2H3. The van der Waals surface area contributed by atoms with E-state index in [0.29, 0.717) is 12.6 Å². The normalized spacial score (nSPS) is 27.9. The maximum atomic E-state index is 5.96. The first-order valence-corrected chi connectivity index (χ1v) is 6.60. The average Bonchev–Trinajstić information content (AvgIpc) is 2.37. The molecule has 2 rings (SSSR count). The third kappa shape index (κ3) is 2.67. The van der Waals surface area contributed by atoms with Crippen LogP contribution >= 0.6 is 0 Å². The van der Waals surface area contributed by atoms with E-state index in [2.05, 4.69) is 29.8 Å². The zero-order valence-electron chi connectivity index (χ0n) is 10.8. The predicted octanol–water partition coefficient (Wildman–Crippen LogP) is 2.20. The number of nitrogens with two attached hydrogens (primary N) is 1. The smallest absolute Gasteiger partial charge is 0.0646 e. The third-order valence-electron chi connectivity index (χ3n) is 4.08. The maximum absolute atomic E-state index is 5.96. The van der Waals surface area contributed by atoms with E-state index in [0.717, 1.165) is 18.2 Å². The molecule has 1 aromatic rings. The van der Waals surface area contributed by atoms with Gasteiger partial charge in [-0.15, -0.1) is 0 Å². The Labute approximate surface area is 104 Å². The maximum Gasteiger partial charge on any atom is 0.0646 e. The molecule has 2 heterocycles. The summed E-state index contributed by atoms with van der Waals surface area (Å²) < 4.78 is 0. The number of pyridine rings is 1. The summed E-state index contributed by atoms with van der Waals surface area (Å²) in [6, 6.07) is 6.96. The van der Waals surface area contributed by atoms with Crippen molar-refractivity contribution in [1.82, 2.24) is 9.88 Å². The minimum atomic E-state index is 0.272. The Morgan fingerprint density at radius 1 is 1.47 bits per heavy atom. The lowest BCUT2D eigenvalue weighted by atomic mass is 9.90. The molecule has 0 saturated carbocycles. The second-order valence-corrected chi connectivity index (χ2v) is 5.10. The van der Waals surface area contributed by atoms with Gasteiger partial charge in [0.25, 0.3) is 0 Å². The van der Waals surface area contributed by atoms with Crippen LogP contribution in [0.15, 0.2) is 24.4 Å². The fourth-order valence-electron chi connectivity index (χ4n) is 2.81. The lowest BCUT2D eigenvalue weighted by molar-refractivity contribution is 0.0692. The van der Waals surface area contributed by atoms with E-state index in [1.165, 1.54) is 12.8 Å². The molecular weight excluding hydrogens is 210 g/mol. The molecule has 1 aliphatic heterocycles. The predicted molar refractivity (Wildman–Crippen MR) is 70.6 cm³/mol. The molecule has 0 amide bonds. The van der Waals surface area contributed by atoms with Gasteiger partial charge in [0.05, 0.1) is 11.7 Å². The number of likely N-dealkylation sites (tertiary alicyclic amines) is 1. The van der Waals surface area contributed by atoms with Crippen LogP contribution in [0.3, 0.4) is 0 Å². The summed E-state index contributed by atoms with van der Waals surface area (Å²) in [5.74, 6) is 0.751. The fraction of sp³-hybridized carbons (Fsp3) is 0.643. The van der Waals surface area contributed by atoms with Gasteiger partial charge in [-0.3, -0.25) is 9.88 Å². The Bertz CT molecular complexity index is 339. The van der Waals surface area contributed by atoms with Gasteiger partial charge in [0.1, 0.15) is 0 Å². The lowest BCUT2D eigenvalue weighted by Gasteiger charge is -2.42. The zero-order valence-corrected chi connectivity index (χ0v) is 10.8. The summed E-state index contributed by atoms with van der Waals surface area (Å²) in [7, 11) is 0. The Kier molecular flexibility index (Phi) is 4.13. The van der Waals surface area contributed by atoms with E-state index >= 15 is 0 Å². The molecule has 3 atom stereocenters. The van der Waals surface area contributed by atoms with Gasteiger partial charge < -0.3 is 5.73 Å². The van der Waals surface area contributed by atoms with Gasteiger partial charge in [-0.25, -0.2) is 0 Å². The minimum Gasteiger partial charge on any atom is -0.329 e. The van der Waals surface area contributed by atoms with Gasteiger partial charge >= 0.3 is 0 Å². The quantitative estimate of drug-likeness (QED) is 0.870. The van der Waals surface area contributed by atoms with Crippen LogP contribution in [-0.4, -0.2) is 29.0 Å². The van der Waals surface area contributed by atoms with Crippen LogP contribution in [0.1, 0.15) is 38.4 Å². The average molecular weight is 233 g/mol. The second kappa shape index (κ2) is 5.61. The van der Waals surface area contributed by atoms with Gasteiger partial charge in [0.2, 0.25) is 0 Å². The minimum absolute atomic E-state index is 0.272. The molecule has 3 heteroatoms. The van der Waals surface area contributed by atoms with Gasteiger partial charge in [0.15, 0.2) is 0 Å². The summed E-state index contributed by atoms with van der Waals surface area (Å²) in [6.45, 7) is 6.44. The van der Waals surface area contributed by atoms with Crippen LogP contribution in [0.25, 0.3) is 0 Å². The van der Waals surface area contributed by atoms with Crippen LogP contribution in [0.5, 0.6) is 0 Å². The van der Waals surface area contributed by atoms with Gasteiger partial charge in [-0.1, -0.05) is 13.0 Å². The molecule has 94 valence electrons. The van der Waals surface area contributed by atoms with E-state index < -0.39 is 0 Å². The molecule has 1 aliphatic rings. The molecule has 3 nitrogen and oxygen atoms in total. The summed E-state index contributed by atoms with van der Waals surface area (Å²) >= 11 is 0. The largest absolute Gasteiger partial charge is 0.329 e. The van der Waals surface area contributed by atoms with E-state index in [-0.39, 0.29) is 6.04 Å². The molecule has 1 aromatic heterocycles. The Morgan fingerprint density at radius 2 is 2.29 bits per heavy atom. The second-order valence-electron chi connectivity index (χ2n) is 5.10. The molecule has 0 aromatic carbocycles. The third-order valence-corrected chi connectivity index (χ3v) is 4.08. The number of hydrogen-bond acceptors (Lipinski definition) is 3. The van der Waals surface area contributed by atoms with Crippen LogP contribution < -0.4 is 5.73 Å². The molecular formula is C14H23N3. The number of aromatic nitrogens is 1. The van der Waals surface area contributed by atoms with Gasteiger partial charge in [0, 0.05) is 18.8 Å². The van der Waals surface area contributed by atoms with Crippen LogP contribution in [0, 0.1) is 5.92 Å². The molecule has 17 heavy (non-hydrogen) atoms. The zero-order chi connectivity index (χ0) is 12.3. The first-order valence-electron chi connectivity index (χ1n) is 6.60. The van der Waals surface area contributed by atoms with Crippen molar-refractivity contribution >= 4 is 0 Å². The van der Waals surface area contributed by atoms with Crippen LogP contribution in [-0.2, 0) is 0 Å². The molecule has 1 fully saturated rings. The molecule has 0 aliphatic carbocycles. The Balaban J connectivity index is 2.18. The number of nitrogens with zero attached hydrogens (tertiary/aromatic N) is 2. The van der Waals surface area contributed by atoms with Crippen molar-refractivity contribution in [1.29, 1.82) is 0 Å². The highest BCUT2D eigenvalue weighted by Crippen LogP contribution is 2.30. The highest BCUT2D eigenvalue weighted by molar-refractivity contribution is 5.10. The number of hydrogen-bond donors (Lipinski definition) is 1. The topological polar surface area (TPSA) is 42.1 Å². The summed E-state index contributed by atoms with van der Waals surface area (Å²) in [4.78, 5) is 6.99. The summed E-state index contributed by atoms with van der Waals surface area (Å²) in [5, 5.41) is 0. The number of rotatable bonds is 3. The molecule has 2 N–H and O–H groups in total. The first-order chi connectivity index (χ1) is 8.24. The van der Waals surface area contributed by atoms with Crippen LogP contribution in [0.4, 0.5) is 0 Å². The molecule has 0 radical (unpaired) electrons. The molecule has 1 saturated heterocycles.